The Kier molecular flexibility index (Phi) is 12.9. The molecule has 0 aliphatic heterocycles. The molecular formula is C18H35NO4S. The summed E-state index contributed by atoms with van der Waals surface area (Å²) < 4.78 is 10.5. The normalized spacial score (nSPS) is 12.5. The molecule has 0 aromatic carbocycles. The Morgan fingerprint density at radius 3 is 2.33 bits per heavy atom. The smallest absolute Gasteiger partial charge is 0.407 e. The Balaban J connectivity index is 4.22. The van der Waals surface area contributed by atoms with E-state index in [2.05, 4.69) is 12.2 Å². The summed E-state index contributed by atoms with van der Waals surface area (Å²) in [6, 6.07) is -0.638. The predicted octanol–water partition coefficient (Wildman–Crippen LogP) is 4.39. The van der Waals surface area contributed by atoms with Gasteiger partial charge < -0.3 is 14.8 Å². The van der Waals surface area contributed by atoms with Crippen molar-refractivity contribution in [2.24, 2.45) is 5.41 Å². The molecule has 0 aliphatic carbocycles. The third kappa shape index (κ3) is 13.5. The highest BCUT2D eigenvalue weighted by Gasteiger charge is 2.23. The summed E-state index contributed by atoms with van der Waals surface area (Å²) in [4.78, 5) is 24.0. The lowest BCUT2D eigenvalue weighted by molar-refractivity contribution is -0.146. The number of rotatable bonds is 12. The van der Waals surface area contributed by atoms with Crippen LogP contribution >= 0.6 is 11.8 Å². The van der Waals surface area contributed by atoms with E-state index in [-0.39, 0.29) is 11.4 Å². The van der Waals surface area contributed by atoms with Crippen LogP contribution in [0.1, 0.15) is 66.2 Å². The minimum atomic E-state index is -0.638. The monoisotopic (exact) mass is 361 g/mol. The van der Waals surface area contributed by atoms with Crippen molar-refractivity contribution in [3.05, 3.63) is 0 Å². The SMILES string of the molecule is CCCCCCCOC(=O)C(CCSC)NC(=O)OCC(C)(C)C. The number of esters is 1. The first-order valence-corrected chi connectivity index (χ1v) is 10.3. The number of carbonyl (C=O) groups is 2. The molecule has 0 bridgehead atoms. The molecular weight excluding hydrogens is 326 g/mol. The molecule has 1 N–H and O–H groups in total. The number of alkyl carbamates (subject to hydrolysis) is 1. The van der Waals surface area contributed by atoms with Crippen LogP contribution in [0.4, 0.5) is 4.79 Å². The van der Waals surface area contributed by atoms with Crippen molar-refractivity contribution in [1.82, 2.24) is 5.32 Å². The Labute approximate surface area is 151 Å². The number of hydrogen-bond acceptors (Lipinski definition) is 5. The Hall–Kier alpha value is -0.910. The number of amides is 1. The zero-order valence-corrected chi connectivity index (χ0v) is 16.8. The van der Waals surface area contributed by atoms with E-state index in [9.17, 15) is 9.59 Å². The molecule has 0 aromatic rings. The van der Waals surface area contributed by atoms with Gasteiger partial charge in [0.2, 0.25) is 0 Å². The molecule has 0 aromatic heterocycles. The van der Waals surface area contributed by atoms with Gasteiger partial charge in [0.1, 0.15) is 6.04 Å². The standard InChI is InChI=1S/C18H35NO4S/c1-6-7-8-9-10-12-22-16(20)15(11-13-24-5)19-17(21)23-14-18(2,3)4/h15H,6-14H2,1-5H3,(H,19,21). The predicted molar refractivity (Wildman–Crippen MR) is 100 cm³/mol. The van der Waals surface area contributed by atoms with Crippen molar-refractivity contribution in [3.8, 4) is 0 Å². The van der Waals surface area contributed by atoms with Crippen LogP contribution in [0.3, 0.4) is 0 Å². The van der Waals surface area contributed by atoms with E-state index in [0.29, 0.717) is 19.6 Å². The molecule has 0 spiro atoms. The van der Waals surface area contributed by atoms with Gasteiger partial charge in [-0.25, -0.2) is 9.59 Å². The van der Waals surface area contributed by atoms with E-state index >= 15 is 0 Å². The van der Waals surface area contributed by atoms with Gasteiger partial charge in [0.15, 0.2) is 0 Å². The van der Waals surface area contributed by atoms with Gasteiger partial charge >= 0.3 is 12.1 Å². The van der Waals surface area contributed by atoms with Crippen LogP contribution in [0.15, 0.2) is 0 Å². The minimum Gasteiger partial charge on any atom is -0.464 e. The maximum Gasteiger partial charge on any atom is 0.407 e. The van der Waals surface area contributed by atoms with Crippen LogP contribution in [0.5, 0.6) is 0 Å². The van der Waals surface area contributed by atoms with Crippen LogP contribution in [0.2, 0.25) is 0 Å². The van der Waals surface area contributed by atoms with Crippen molar-refractivity contribution in [2.75, 3.05) is 25.2 Å². The first-order chi connectivity index (χ1) is 11.3. The van der Waals surface area contributed by atoms with Crippen LogP contribution in [0.25, 0.3) is 0 Å². The van der Waals surface area contributed by atoms with Crippen molar-refractivity contribution in [2.45, 2.75) is 72.3 Å². The Morgan fingerprint density at radius 1 is 1.08 bits per heavy atom. The van der Waals surface area contributed by atoms with Crippen molar-refractivity contribution in [1.29, 1.82) is 0 Å². The van der Waals surface area contributed by atoms with E-state index in [1.807, 2.05) is 27.0 Å². The summed E-state index contributed by atoms with van der Waals surface area (Å²) in [5.41, 5.74) is -0.106. The van der Waals surface area contributed by atoms with Gasteiger partial charge in [0.25, 0.3) is 0 Å². The highest BCUT2D eigenvalue weighted by atomic mass is 32.2. The molecule has 0 saturated heterocycles. The molecule has 0 saturated carbocycles. The van der Waals surface area contributed by atoms with Gasteiger partial charge in [-0.05, 0) is 30.3 Å². The fourth-order valence-corrected chi connectivity index (χ4v) is 2.40. The van der Waals surface area contributed by atoms with Crippen LogP contribution < -0.4 is 5.32 Å². The second-order valence-electron chi connectivity index (χ2n) is 7.20. The summed E-state index contributed by atoms with van der Waals surface area (Å²) >= 11 is 1.63. The van der Waals surface area contributed by atoms with Crippen molar-refractivity contribution < 1.29 is 19.1 Å². The fourth-order valence-electron chi connectivity index (χ4n) is 1.93. The van der Waals surface area contributed by atoms with Gasteiger partial charge in [-0.3, -0.25) is 0 Å². The zero-order valence-electron chi connectivity index (χ0n) is 16.0. The average Bonchev–Trinajstić information content (AvgIpc) is 2.51. The summed E-state index contributed by atoms with van der Waals surface area (Å²) in [5.74, 6) is 0.405. The lowest BCUT2D eigenvalue weighted by Crippen LogP contribution is -2.43. The quantitative estimate of drug-likeness (QED) is 0.412. The van der Waals surface area contributed by atoms with E-state index < -0.39 is 12.1 Å². The van der Waals surface area contributed by atoms with E-state index in [1.54, 1.807) is 11.8 Å². The van der Waals surface area contributed by atoms with E-state index in [4.69, 9.17) is 9.47 Å². The van der Waals surface area contributed by atoms with Gasteiger partial charge in [-0.1, -0.05) is 53.4 Å². The number of carbonyl (C=O) groups excluding carboxylic acids is 2. The summed E-state index contributed by atoms with van der Waals surface area (Å²) in [6.45, 7) is 8.84. The largest absolute Gasteiger partial charge is 0.464 e. The molecule has 0 fully saturated rings. The first kappa shape index (κ1) is 23.1. The van der Waals surface area contributed by atoms with E-state index in [1.165, 1.54) is 19.3 Å². The minimum absolute atomic E-state index is 0.106. The van der Waals surface area contributed by atoms with Gasteiger partial charge in [0, 0.05) is 0 Å². The topological polar surface area (TPSA) is 64.6 Å². The number of nitrogens with one attached hydrogen (secondary N) is 1. The van der Waals surface area contributed by atoms with Crippen LogP contribution in [-0.4, -0.2) is 43.3 Å². The number of hydrogen-bond donors (Lipinski definition) is 1. The summed E-state index contributed by atoms with van der Waals surface area (Å²) in [7, 11) is 0. The molecule has 142 valence electrons. The van der Waals surface area contributed by atoms with Gasteiger partial charge in [-0.2, -0.15) is 11.8 Å². The van der Waals surface area contributed by atoms with Crippen LogP contribution in [0, 0.1) is 5.41 Å². The van der Waals surface area contributed by atoms with Crippen molar-refractivity contribution >= 4 is 23.8 Å². The lowest BCUT2D eigenvalue weighted by Gasteiger charge is -2.21. The van der Waals surface area contributed by atoms with Gasteiger partial charge in [0.05, 0.1) is 13.2 Å². The molecule has 0 radical (unpaired) electrons. The number of thioether (sulfide) groups is 1. The molecule has 6 heteroatoms. The zero-order chi connectivity index (χ0) is 18.4. The van der Waals surface area contributed by atoms with Crippen molar-refractivity contribution in [3.63, 3.8) is 0 Å². The number of ether oxygens (including phenoxy) is 2. The van der Waals surface area contributed by atoms with Crippen LogP contribution in [-0.2, 0) is 14.3 Å². The Bertz CT molecular complexity index is 355. The molecule has 0 heterocycles. The maximum absolute atomic E-state index is 12.2. The number of unbranched alkanes of at least 4 members (excludes halogenated alkanes) is 4. The molecule has 5 nitrogen and oxygen atoms in total. The molecule has 24 heavy (non-hydrogen) atoms. The fraction of sp³-hybridized carbons (Fsp3) is 0.889. The van der Waals surface area contributed by atoms with Gasteiger partial charge in [-0.15, -0.1) is 0 Å². The second kappa shape index (κ2) is 13.4. The average molecular weight is 362 g/mol. The second-order valence-corrected chi connectivity index (χ2v) is 8.18. The first-order valence-electron chi connectivity index (χ1n) is 8.89. The molecule has 0 aliphatic rings. The third-order valence-corrected chi connectivity index (χ3v) is 3.96. The van der Waals surface area contributed by atoms with E-state index in [0.717, 1.165) is 18.6 Å². The Morgan fingerprint density at radius 2 is 1.75 bits per heavy atom. The highest BCUT2D eigenvalue weighted by molar-refractivity contribution is 7.98. The lowest BCUT2D eigenvalue weighted by atomic mass is 9.99. The molecule has 1 unspecified atom stereocenters. The molecule has 1 atom stereocenters. The summed E-state index contributed by atoms with van der Waals surface area (Å²) in [6.07, 6.45) is 7.46. The maximum atomic E-state index is 12.2. The summed E-state index contributed by atoms with van der Waals surface area (Å²) in [5, 5.41) is 2.64. The third-order valence-electron chi connectivity index (χ3n) is 3.32. The highest BCUT2D eigenvalue weighted by Crippen LogP contribution is 2.13. The molecule has 0 rings (SSSR count). The molecule has 1 amide bonds.